The minimum absolute atomic E-state index is 0.116. The quantitative estimate of drug-likeness (QED) is 0.343. The highest BCUT2D eigenvalue weighted by molar-refractivity contribution is 5.73. The monoisotopic (exact) mass is 386 g/mol. The van der Waals surface area contributed by atoms with Crippen LogP contribution in [0.2, 0.25) is 0 Å². The smallest absolute Gasteiger partial charge is 0.407 e. The van der Waals surface area contributed by atoms with Crippen LogP contribution in [0.1, 0.15) is 19.6 Å². The predicted octanol–water partition coefficient (Wildman–Crippen LogP) is -2.59. The third-order valence-electron chi connectivity index (χ3n) is 3.81. The number of hydrogen-bond donors (Lipinski definition) is 5. The topological polar surface area (TPSA) is 172 Å². The SMILES string of the molecule is CC(=O)NCCNC(=O)OC1CO[C@@H](n2ccc(=O)[nH]c2=O)[C@H](O)[C@H](O)C1. The van der Waals surface area contributed by atoms with Crippen molar-refractivity contribution in [1.82, 2.24) is 20.2 Å². The van der Waals surface area contributed by atoms with Crippen LogP contribution in [0.25, 0.3) is 0 Å². The van der Waals surface area contributed by atoms with E-state index in [1.54, 1.807) is 0 Å². The van der Waals surface area contributed by atoms with Crippen LogP contribution >= 0.6 is 0 Å². The fourth-order valence-corrected chi connectivity index (χ4v) is 2.52. The Kier molecular flexibility index (Phi) is 7.10. The molecule has 150 valence electrons. The molecule has 5 N–H and O–H groups in total. The summed E-state index contributed by atoms with van der Waals surface area (Å²) in [7, 11) is 0. The van der Waals surface area contributed by atoms with Crippen molar-refractivity contribution in [3.05, 3.63) is 33.1 Å². The van der Waals surface area contributed by atoms with Crippen molar-refractivity contribution in [2.24, 2.45) is 0 Å². The molecular formula is C15H22N4O8. The molecule has 1 aliphatic rings. The molecule has 1 unspecified atom stereocenters. The van der Waals surface area contributed by atoms with Gasteiger partial charge in [-0.05, 0) is 0 Å². The Hall–Kier alpha value is -2.70. The van der Waals surface area contributed by atoms with Crippen LogP contribution in [-0.2, 0) is 14.3 Å². The summed E-state index contributed by atoms with van der Waals surface area (Å²) in [5.74, 6) is -0.233. The van der Waals surface area contributed by atoms with E-state index >= 15 is 0 Å². The van der Waals surface area contributed by atoms with E-state index in [4.69, 9.17) is 9.47 Å². The van der Waals surface area contributed by atoms with Gasteiger partial charge in [0.1, 0.15) is 12.2 Å². The first kappa shape index (κ1) is 20.6. The van der Waals surface area contributed by atoms with Crippen molar-refractivity contribution in [1.29, 1.82) is 0 Å². The number of nitrogens with zero attached hydrogens (tertiary/aromatic N) is 1. The van der Waals surface area contributed by atoms with Crippen LogP contribution in [0.5, 0.6) is 0 Å². The van der Waals surface area contributed by atoms with Crippen molar-refractivity contribution in [2.45, 2.75) is 37.9 Å². The maximum Gasteiger partial charge on any atom is 0.407 e. The minimum atomic E-state index is -1.48. The van der Waals surface area contributed by atoms with Crippen molar-refractivity contribution in [3.63, 3.8) is 0 Å². The zero-order valence-corrected chi connectivity index (χ0v) is 14.6. The number of carbonyl (C=O) groups is 2. The molecule has 0 aliphatic carbocycles. The summed E-state index contributed by atoms with van der Waals surface area (Å²) in [5.41, 5.74) is -1.43. The van der Waals surface area contributed by atoms with E-state index < -0.39 is 41.9 Å². The van der Waals surface area contributed by atoms with Gasteiger partial charge in [-0.15, -0.1) is 0 Å². The lowest BCUT2D eigenvalue weighted by atomic mass is 10.1. The lowest BCUT2D eigenvalue weighted by Gasteiger charge is -2.24. The van der Waals surface area contributed by atoms with Gasteiger partial charge in [0.25, 0.3) is 5.56 Å². The lowest BCUT2D eigenvalue weighted by molar-refractivity contribution is -0.118. The number of rotatable bonds is 5. The van der Waals surface area contributed by atoms with Crippen LogP contribution in [0.15, 0.2) is 21.9 Å². The number of ether oxygens (including phenoxy) is 2. The average Bonchev–Trinajstić information content (AvgIpc) is 2.72. The number of alkyl carbamates (subject to hydrolysis) is 1. The molecule has 12 heteroatoms. The zero-order valence-electron chi connectivity index (χ0n) is 14.6. The second kappa shape index (κ2) is 9.30. The van der Waals surface area contributed by atoms with Crippen molar-refractivity contribution in [2.75, 3.05) is 19.7 Å². The maximum atomic E-state index is 11.9. The van der Waals surface area contributed by atoms with E-state index in [9.17, 15) is 29.4 Å². The Morgan fingerprint density at radius 1 is 1.33 bits per heavy atom. The molecule has 0 spiro atoms. The molecule has 2 amide bonds. The van der Waals surface area contributed by atoms with Gasteiger partial charge in [-0.1, -0.05) is 0 Å². The highest BCUT2D eigenvalue weighted by Gasteiger charge is 2.36. The molecule has 2 heterocycles. The molecule has 12 nitrogen and oxygen atoms in total. The molecule has 1 aromatic heterocycles. The molecule has 1 fully saturated rings. The third-order valence-corrected chi connectivity index (χ3v) is 3.81. The number of nitrogens with one attached hydrogen (secondary N) is 3. The van der Waals surface area contributed by atoms with E-state index in [1.165, 1.54) is 6.92 Å². The predicted molar refractivity (Wildman–Crippen MR) is 89.9 cm³/mol. The van der Waals surface area contributed by atoms with E-state index in [2.05, 4.69) is 10.6 Å². The summed E-state index contributed by atoms with van der Waals surface area (Å²) >= 11 is 0. The number of hydrogen-bond acceptors (Lipinski definition) is 8. The summed E-state index contributed by atoms with van der Waals surface area (Å²) in [4.78, 5) is 47.5. The molecule has 0 radical (unpaired) electrons. The standard InChI is InChI=1S/C15H22N4O8/c1-8(20)16-3-4-17-15(25)27-9-6-10(21)12(23)13(26-7-9)19-5-2-11(22)18-14(19)24/h2,5,9-10,12-13,21,23H,3-4,6-7H2,1H3,(H,16,20)(H,17,25)(H,18,22,24)/t9?,10-,12-,13-/m1/s1. The van der Waals surface area contributed by atoms with Gasteiger partial charge < -0.3 is 30.3 Å². The Bertz CT molecular complexity index is 776. The van der Waals surface area contributed by atoms with Crippen LogP contribution < -0.4 is 21.9 Å². The van der Waals surface area contributed by atoms with Crippen molar-refractivity contribution >= 4 is 12.0 Å². The molecule has 2 rings (SSSR count). The molecular weight excluding hydrogens is 364 g/mol. The van der Waals surface area contributed by atoms with Crippen LogP contribution in [0, 0.1) is 0 Å². The molecule has 1 aromatic rings. The maximum absolute atomic E-state index is 11.9. The summed E-state index contributed by atoms with van der Waals surface area (Å²) in [6.45, 7) is 1.53. The Balaban J connectivity index is 1.96. The zero-order chi connectivity index (χ0) is 20.0. The number of aromatic nitrogens is 2. The number of aromatic amines is 1. The van der Waals surface area contributed by atoms with E-state index in [0.29, 0.717) is 0 Å². The van der Waals surface area contributed by atoms with Crippen LogP contribution in [0.4, 0.5) is 4.79 Å². The number of H-pyrrole nitrogens is 1. The van der Waals surface area contributed by atoms with Crippen LogP contribution in [-0.4, -0.2) is 69.8 Å². The molecule has 1 aliphatic heterocycles. The van der Waals surface area contributed by atoms with Gasteiger partial charge in [-0.3, -0.25) is 19.1 Å². The van der Waals surface area contributed by atoms with Gasteiger partial charge in [0.2, 0.25) is 5.91 Å². The second-order valence-electron chi connectivity index (χ2n) is 5.97. The Labute approximate surface area is 153 Å². The Morgan fingerprint density at radius 3 is 2.70 bits per heavy atom. The van der Waals surface area contributed by atoms with Gasteiger partial charge >= 0.3 is 11.8 Å². The molecule has 0 bridgehead atoms. The minimum Gasteiger partial charge on any atom is -0.444 e. The van der Waals surface area contributed by atoms with Gasteiger partial charge in [0.15, 0.2) is 6.23 Å². The number of amides is 2. The van der Waals surface area contributed by atoms with Gasteiger partial charge in [0.05, 0.1) is 12.7 Å². The van der Waals surface area contributed by atoms with Gasteiger partial charge in [-0.2, -0.15) is 0 Å². The molecule has 27 heavy (non-hydrogen) atoms. The van der Waals surface area contributed by atoms with Gasteiger partial charge in [0, 0.05) is 38.7 Å². The van der Waals surface area contributed by atoms with Gasteiger partial charge in [-0.25, -0.2) is 9.59 Å². The molecule has 4 atom stereocenters. The number of carbonyl (C=O) groups excluding carboxylic acids is 2. The fraction of sp³-hybridized carbons (Fsp3) is 0.600. The highest BCUT2D eigenvalue weighted by Crippen LogP contribution is 2.23. The summed E-state index contributed by atoms with van der Waals surface area (Å²) in [5, 5.41) is 25.3. The first-order valence-corrected chi connectivity index (χ1v) is 8.26. The highest BCUT2D eigenvalue weighted by atomic mass is 16.6. The first-order chi connectivity index (χ1) is 12.8. The number of aliphatic hydroxyl groups excluding tert-OH is 2. The molecule has 0 saturated carbocycles. The largest absolute Gasteiger partial charge is 0.444 e. The lowest BCUT2D eigenvalue weighted by Crippen LogP contribution is -2.41. The van der Waals surface area contributed by atoms with E-state index in [0.717, 1.165) is 16.8 Å². The normalized spacial score (nSPS) is 25.3. The Morgan fingerprint density at radius 2 is 2.04 bits per heavy atom. The van der Waals surface area contributed by atoms with Crippen LogP contribution in [0.3, 0.4) is 0 Å². The first-order valence-electron chi connectivity index (χ1n) is 8.26. The number of aliphatic hydroxyl groups is 2. The molecule has 1 saturated heterocycles. The van der Waals surface area contributed by atoms with Crippen molar-refractivity contribution in [3.8, 4) is 0 Å². The fourth-order valence-electron chi connectivity index (χ4n) is 2.52. The summed E-state index contributed by atoms with van der Waals surface area (Å²) in [6.07, 6.45) is -4.72. The second-order valence-corrected chi connectivity index (χ2v) is 5.97. The van der Waals surface area contributed by atoms with E-state index in [-0.39, 0.29) is 32.0 Å². The third kappa shape index (κ3) is 5.91. The van der Waals surface area contributed by atoms with Crippen molar-refractivity contribution < 1.29 is 29.3 Å². The van der Waals surface area contributed by atoms with E-state index in [1.807, 2.05) is 4.98 Å². The summed E-state index contributed by atoms with van der Waals surface area (Å²) in [6, 6.07) is 1.07. The molecule has 0 aromatic carbocycles. The average molecular weight is 386 g/mol. The summed E-state index contributed by atoms with van der Waals surface area (Å²) < 4.78 is 11.5.